The highest BCUT2D eigenvalue weighted by Gasteiger charge is 2.54. The van der Waals surface area contributed by atoms with E-state index in [1.54, 1.807) is 0 Å². The molecule has 0 saturated carbocycles. The Morgan fingerprint density at radius 3 is 1.82 bits per heavy atom. The van der Waals surface area contributed by atoms with E-state index in [9.17, 15) is 20.6 Å². The molecule has 0 radical (unpaired) electrons. The molecule has 7 atom stereocenters. The highest BCUT2D eigenvalue weighted by molar-refractivity contribution is 5.05. The van der Waals surface area contributed by atoms with Crippen molar-refractivity contribution in [3.05, 3.63) is 0 Å². The Kier molecular flexibility index (Phi) is 6.68. The lowest BCUT2D eigenvalue weighted by atomic mass is 9.67. The summed E-state index contributed by atoms with van der Waals surface area (Å²) < 4.78 is 0. The molecule has 6 heteroatoms. The predicted octanol–water partition coefficient (Wildman–Crippen LogP) is 3.81. The first-order valence-corrected chi connectivity index (χ1v) is 11.0. The van der Waals surface area contributed by atoms with Crippen LogP contribution in [0.3, 0.4) is 0 Å². The average Bonchev–Trinajstić information content (AvgIpc) is 2.62. The Morgan fingerprint density at radius 1 is 0.786 bits per heavy atom. The van der Waals surface area contributed by atoms with Gasteiger partial charge < -0.3 is 20.6 Å². The van der Waals surface area contributed by atoms with Gasteiger partial charge in [-0.25, -0.2) is 0 Å². The normalized spacial score (nSPS) is 48.0. The number of hydrogen-bond donors (Lipinski definition) is 4. The van der Waals surface area contributed by atoms with Crippen molar-refractivity contribution in [1.29, 1.82) is 0 Å². The minimum Gasteiger partial charge on any atom is -0.393 e. The molecule has 2 aliphatic heterocycles. The maximum Gasteiger partial charge on any atom is 0.0602 e. The zero-order valence-electron chi connectivity index (χ0n) is 19.2. The van der Waals surface area contributed by atoms with Crippen molar-refractivity contribution in [2.45, 2.75) is 128 Å². The standard InChI is InChI=1S/C22H44N2O4/c1-9-21(7)15(2)18(26)14-20(6,24(21)28)11-10-12-22(8)16(3)17(25)13-19(4,5)23(22)27/h15-18,25-28H,9-14H2,1-8H3/t15?,16-,17?,18?,20?,21?,22?/m1/s1. The van der Waals surface area contributed by atoms with Gasteiger partial charge in [0.2, 0.25) is 0 Å². The van der Waals surface area contributed by atoms with Gasteiger partial charge in [0.1, 0.15) is 0 Å². The second kappa shape index (κ2) is 7.78. The first kappa shape index (κ1) is 24.0. The van der Waals surface area contributed by atoms with Crippen LogP contribution in [0, 0.1) is 11.8 Å². The Morgan fingerprint density at radius 2 is 1.29 bits per heavy atom. The third kappa shape index (κ3) is 3.77. The number of hydroxylamine groups is 4. The molecule has 28 heavy (non-hydrogen) atoms. The van der Waals surface area contributed by atoms with E-state index in [1.807, 2.05) is 48.5 Å². The largest absolute Gasteiger partial charge is 0.393 e. The number of rotatable bonds is 5. The van der Waals surface area contributed by atoms with Crippen LogP contribution in [0.15, 0.2) is 0 Å². The van der Waals surface area contributed by atoms with Crippen LogP contribution < -0.4 is 0 Å². The number of hydrogen-bond acceptors (Lipinski definition) is 6. The molecule has 2 aliphatic rings. The van der Waals surface area contributed by atoms with Crippen molar-refractivity contribution < 1.29 is 20.6 Å². The molecule has 0 bridgehead atoms. The van der Waals surface area contributed by atoms with Gasteiger partial charge in [0.25, 0.3) is 0 Å². The Bertz CT molecular complexity index is 559. The van der Waals surface area contributed by atoms with E-state index in [-0.39, 0.29) is 11.8 Å². The lowest BCUT2D eigenvalue weighted by Crippen LogP contribution is -2.67. The third-order valence-electron chi connectivity index (χ3n) is 8.64. The summed E-state index contributed by atoms with van der Waals surface area (Å²) in [5.74, 6) is -0.0585. The summed E-state index contributed by atoms with van der Waals surface area (Å²) in [6, 6.07) is 0. The Balaban J connectivity index is 2.14. The summed E-state index contributed by atoms with van der Waals surface area (Å²) in [5.41, 5.74) is -1.99. The van der Waals surface area contributed by atoms with E-state index in [2.05, 4.69) is 6.92 Å². The van der Waals surface area contributed by atoms with Crippen molar-refractivity contribution in [2.24, 2.45) is 11.8 Å². The summed E-state index contributed by atoms with van der Waals surface area (Å²) in [5, 5.41) is 46.2. The first-order chi connectivity index (χ1) is 12.7. The van der Waals surface area contributed by atoms with Crippen molar-refractivity contribution >= 4 is 0 Å². The van der Waals surface area contributed by atoms with Gasteiger partial charge in [-0.1, -0.05) is 20.8 Å². The average molecular weight is 401 g/mol. The van der Waals surface area contributed by atoms with Crippen LogP contribution in [0.25, 0.3) is 0 Å². The van der Waals surface area contributed by atoms with Crippen LogP contribution in [-0.2, 0) is 0 Å². The minimum absolute atomic E-state index is 0.00432. The molecule has 2 rings (SSSR count). The molecule has 0 aromatic carbocycles. The fourth-order valence-corrected chi connectivity index (χ4v) is 5.85. The molecule has 2 heterocycles. The van der Waals surface area contributed by atoms with E-state index in [0.29, 0.717) is 19.3 Å². The van der Waals surface area contributed by atoms with Crippen LogP contribution in [0.4, 0.5) is 0 Å². The van der Waals surface area contributed by atoms with Gasteiger partial charge >= 0.3 is 0 Å². The zero-order valence-corrected chi connectivity index (χ0v) is 19.2. The first-order valence-electron chi connectivity index (χ1n) is 11.0. The second-order valence-corrected chi connectivity index (χ2v) is 11.0. The molecule has 2 fully saturated rings. The minimum atomic E-state index is -0.535. The van der Waals surface area contributed by atoms with Gasteiger partial charge in [0.05, 0.1) is 12.2 Å². The summed E-state index contributed by atoms with van der Waals surface area (Å²) in [6.07, 6.45) is 3.15. The highest BCUT2D eigenvalue weighted by Crippen LogP contribution is 2.47. The third-order valence-corrected chi connectivity index (χ3v) is 8.64. The zero-order chi connectivity index (χ0) is 21.7. The van der Waals surface area contributed by atoms with Crippen LogP contribution in [0.1, 0.15) is 93.9 Å². The monoisotopic (exact) mass is 400 g/mol. The van der Waals surface area contributed by atoms with E-state index < -0.39 is 34.4 Å². The van der Waals surface area contributed by atoms with Gasteiger partial charge in [-0.3, -0.25) is 0 Å². The molecular weight excluding hydrogens is 356 g/mol. The maximum absolute atomic E-state index is 11.1. The van der Waals surface area contributed by atoms with E-state index in [4.69, 9.17) is 0 Å². The Hall–Kier alpha value is -0.240. The molecule has 0 amide bonds. The SMILES string of the molecule is CCC1(C)C(C)C(O)CC(C)(CCCC2(C)[C@H](C)C(O)CC(C)(C)N2O)N1O. The highest BCUT2D eigenvalue weighted by atomic mass is 16.5. The van der Waals surface area contributed by atoms with Gasteiger partial charge in [-0.2, -0.15) is 10.1 Å². The second-order valence-electron chi connectivity index (χ2n) is 11.0. The summed E-state index contributed by atoms with van der Waals surface area (Å²) in [7, 11) is 0. The molecule has 6 nitrogen and oxygen atoms in total. The van der Waals surface area contributed by atoms with Gasteiger partial charge in [0, 0.05) is 34.0 Å². The van der Waals surface area contributed by atoms with Crippen molar-refractivity contribution in [1.82, 2.24) is 10.1 Å². The quantitative estimate of drug-likeness (QED) is 0.561. The Labute approximate surface area is 171 Å². The van der Waals surface area contributed by atoms with Crippen LogP contribution >= 0.6 is 0 Å². The van der Waals surface area contributed by atoms with Crippen LogP contribution in [-0.4, -0.2) is 65.1 Å². The van der Waals surface area contributed by atoms with E-state index in [0.717, 1.165) is 19.3 Å². The number of piperidine rings is 2. The van der Waals surface area contributed by atoms with Gasteiger partial charge in [0.15, 0.2) is 0 Å². The summed E-state index contributed by atoms with van der Waals surface area (Å²) in [4.78, 5) is 0. The van der Waals surface area contributed by atoms with E-state index in [1.165, 1.54) is 10.1 Å². The topological polar surface area (TPSA) is 87.4 Å². The fraction of sp³-hybridized carbons (Fsp3) is 1.00. The summed E-state index contributed by atoms with van der Waals surface area (Å²) >= 11 is 0. The molecule has 0 spiro atoms. The number of aliphatic hydroxyl groups excluding tert-OH is 2. The lowest BCUT2D eigenvalue weighted by Gasteiger charge is -2.57. The molecule has 6 unspecified atom stereocenters. The molecule has 0 aliphatic carbocycles. The van der Waals surface area contributed by atoms with Gasteiger partial charge in [-0.05, 0) is 73.1 Å². The smallest absolute Gasteiger partial charge is 0.0602 e. The molecule has 2 saturated heterocycles. The lowest BCUT2D eigenvalue weighted by molar-refractivity contribution is -0.293. The van der Waals surface area contributed by atoms with Crippen LogP contribution in [0.2, 0.25) is 0 Å². The van der Waals surface area contributed by atoms with E-state index >= 15 is 0 Å². The molecule has 4 N–H and O–H groups in total. The van der Waals surface area contributed by atoms with Crippen LogP contribution in [0.5, 0.6) is 0 Å². The summed E-state index contributed by atoms with van der Waals surface area (Å²) in [6.45, 7) is 16.1. The fourth-order valence-electron chi connectivity index (χ4n) is 5.85. The molecular formula is C22H44N2O4. The molecule has 166 valence electrons. The maximum atomic E-state index is 11.1. The number of aliphatic hydroxyl groups is 2. The number of nitrogens with zero attached hydrogens (tertiary/aromatic N) is 2. The predicted molar refractivity (Wildman–Crippen MR) is 110 cm³/mol. The van der Waals surface area contributed by atoms with Crippen molar-refractivity contribution in [2.75, 3.05) is 0 Å². The molecule has 0 aromatic heterocycles. The van der Waals surface area contributed by atoms with Crippen molar-refractivity contribution in [3.8, 4) is 0 Å². The van der Waals surface area contributed by atoms with Crippen molar-refractivity contribution in [3.63, 3.8) is 0 Å². The van der Waals surface area contributed by atoms with Gasteiger partial charge in [-0.15, -0.1) is 0 Å². The molecule has 0 aromatic rings.